The monoisotopic (exact) mass is 219 g/mol. The SMILES string of the molecule is CC(C)(O)CNCc1ccc2cn[nH]c2c1. The van der Waals surface area contributed by atoms with Crippen molar-refractivity contribution >= 4 is 10.9 Å². The Hall–Kier alpha value is -1.39. The highest BCUT2D eigenvalue weighted by atomic mass is 16.3. The van der Waals surface area contributed by atoms with E-state index in [1.807, 2.05) is 12.3 Å². The van der Waals surface area contributed by atoms with E-state index >= 15 is 0 Å². The van der Waals surface area contributed by atoms with Crippen molar-refractivity contribution in [3.8, 4) is 0 Å². The van der Waals surface area contributed by atoms with Gasteiger partial charge in [-0.15, -0.1) is 0 Å². The second kappa shape index (κ2) is 4.23. The number of rotatable bonds is 4. The lowest BCUT2D eigenvalue weighted by molar-refractivity contribution is 0.0795. The molecule has 0 aliphatic carbocycles. The first-order valence-corrected chi connectivity index (χ1v) is 5.40. The molecule has 0 atom stereocenters. The summed E-state index contributed by atoms with van der Waals surface area (Å²) in [6, 6.07) is 6.18. The first kappa shape index (κ1) is 11.1. The summed E-state index contributed by atoms with van der Waals surface area (Å²) in [7, 11) is 0. The second-order valence-corrected chi connectivity index (χ2v) is 4.71. The number of nitrogens with zero attached hydrogens (tertiary/aromatic N) is 1. The zero-order chi connectivity index (χ0) is 11.6. The molecule has 1 aromatic carbocycles. The van der Waals surface area contributed by atoms with Gasteiger partial charge in [-0.05, 0) is 25.5 Å². The maximum Gasteiger partial charge on any atom is 0.0715 e. The van der Waals surface area contributed by atoms with Crippen molar-refractivity contribution in [2.24, 2.45) is 0 Å². The predicted molar refractivity (Wildman–Crippen MR) is 64.1 cm³/mol. The Morgan fingerprint density at radius 1 is 1.44 bits per heavy atom. The predicted octanol–water partition coefficient (Wildman–Crippen LogP) is 1.42. The van der Waals surface area contributed by atoms with Gasteiger partial charge in [0, 0.05) is 18.5 Å². The van der Waals surface area contributed by atoms with Crippen molar-refractivity contribution in [1.29, 1.82) is 0 Å². The summed E-state index contributed by atoms with van der Waals surface area (Å²) in [6.07, 6.45) is 1.81. The fraction of sp³-hybridized carbons (Fsp3) is 0.417. The van der Waals surface area contributed by atoms with Crippen LogP contribution in [-0.4, -0.2) is 27.4 Å². The van der Waals surface area contributed by atoms with E-state index in [-0.39, 0.29) is 0 Å². The van der Waals surface area contributed by atoms with Crippen LogP contribution in [0.15, 0.2) is 24.4 Å². The molecule has 86 valence electrons. The Morgan fingerprint density at radius 3 is 3.00 bits per heavy atom. The van der Waals surface area contributed by atoms with Gasteiger partial charge in [0.05, 0.1) is 17.3 Å². The molecule has 0 radical (unpaired) electrons. The van der Waals surface area contributed by atoms with Crippen molar-refractivity contribution in [1.82, 2.24) is 15.5 Å². The highest BCUT2D eigenvalue weighted by molar-refractivity contribution is 5.78. The highest BCUT2D eigenvalue weighted by Crippen LogP contribution is 2.12. The van der Waals surface area contributed by atoms with Gasteiger partial charge in [-0.1, -0.05) is 12.1 Å². The summed E-state index contributed by atoms with van der Waals surface area (Å²) < 4.78 is 0. The van der Waals surface area contributed by atoms with E-state index in [2.05, 4.69) is 27.6 Å². The van der Waals surface area contributed by atoms with Crippen molar-refractivity contribution in [2.45, 2.75) is 26.0 Å². The fourth-order valence-electron chi connectivity index (χ4n) is 1.61. The van der Waals surface area contributed by atoms with E-state index in [1.54, 1.807) is 13.8 Å². The van der Waals surface area contributed by atoms with E-state index in [9.17, 15) is 5.11 Å². The van der Waals surface area contributed by atoms with Gasteiger partial charge in [0.2, 0.25) is 0 Å². The molecule has 0 amide bonds. The number of aliphatic hydroxyl groups is 1. The van der Waals surface area contributed by atoms with Crippen LogP contribution in [0, 0.1) is 0 Å². The number of nitrogens with one attached hydrogen (secondary N) is 2. The standard InChI is InChI=1S/C12H17N3O/c1-12(2,16)8-13-6-9-3-4-10-7-14-15-11(10)5-9/h3-5,7,13,16H,6,8H2,1-2H3,(H,14,15). The minimum atomic E-state index is -0.669. The van der Waals surface area contributed by atoms with Gasteiger partial charge >= 0.3 is 0 Å². The Labute approximate surface area is 94.7 Å². The molecule has 2 aromatic rings. The van der Waals surface area contributed by atoms with Crippen molar-refractivity contribution < 1.29 is 5.11 Å². The van der Waals surface area contributed by atoms with E-state index in [0.29, 0.717) is 6.54 Å². The lowest BCUT2D eigenvalue weighted by Crippen LogP contribution is -2.34. The highest BCUT2D eigenvalue weighted by Gasteiger charge is 2.10. The van der Waals surface area contributed by atoms with E-state index in [0.717, 1.165) is 17.4 Å². The van der Waals surface area contributed by atoms with Gasteiger partial charge in [0.25, 0.3) is 0 Å². The van der Waals surface area contributed by atoms with Gasteiger partial charge in [0.1, 0.15) is 0 Å². The summed E-state index contributed by atoms with van der Waals surface area (Å²) in [4.78, 5) is 0. The quantitative estimate of drug-likeness (QED) is 0.729. The lowest BCUT2D eigenvalue weighted by atomic mass is 10.1. The first-order chi connectivity index (χ1) is 7.54. The topological polar surface area (TPSA) is 60.9 Å². The Balaban J connectivity index is 1.99. The van der Waals surface area contributed by atoms with Crippen molar-refractivity contribution in [3.05, 3.63) is 30.0 Å². The Morgan fingerprint density at radius 2 is 2.25 bits per heavy atom. The smallest absolute Gasteiger partial charge is 0.0715 e. The summed E-state index contributed by atoms with van der Waals surface area (Å²) in [5, 5.41) is 20.8. The molecule has 0 aliphatic rings. The molecule has 4 nitrogen and oxygen atoms in total. The van der Waals surface area contributed by atoms with Crippen LogP contribution in [-0.2, 0) is 6.54 Å². The van der Waals surface area contributed by atoms with Gasteiger partial charge < -0.3 is 10.4 Å². The summed E-state index contributed by atoms with van der Waals surface area (Å²) in [5.41, 5.74) is 1.56. The summed E-state index contributed by atoms with van der Waals surface area (Å²) >= 11 is 0. The van der Waals surface area contributed by atoms with Crippen molar-refractivity contribution in [3.63, 3.8) is 0 Å². The number of hydrogen-bond donors (Lipinski definition) is 3. The second-order valence-electron chi connectivity index (χ2n) is 4.71. The first-order valence-electron chi connectivity index (χ1n) is 5.40. The molecule has 0 bridgehead atoms. The van der Waals surface area contributed by atoms with E-state index in [4.69, 9.17) is 0 Å². The zero-order valence-electron chi connectivity index (χ0n) is 9.62. The van der Waals surface area contributed by atoms with Crippen LogP contribution >= 0.6 is 0 Å². The average molecular weight is 219 g/mol. The number of benzene rings is 1. The molecule has 0 saturated heterocycles. The molecule has 0 fully saturated rings. The molecule has 2 rings (SSSR count). The van der Waals surface area contributed by atoms with Crippen LogP contribution in [0.2, 0.25) is 0 Å². The molecule has 0 aliphatic heterocycles. The van der Waals surface area contributed by atoms with Crippen LogP contribution in [0.5, 0.6) is 0 Å². The van der Waals surface area contributed by atoms with Gasteiger partial charge in [-0.25, -0.2) is 0 Å². The molecule has 0 unspecified atom stereocenters. The largest absolute Gasteiger partial charge is 0.389 e. The Bertz CT molecular complexity index is 470. The van der Waals surface area contributed by atoms with Crippen LogP contribution in [0.25, 0.3) is 10.9 Å². The fourth-order valence-corrected chi connectivity index (χ4v) is 1.61. The molecular weight excluding hydrogens is 202 g/mol. The maximum atomic E-state index is 9.56. The van der Waals surface area contributed by atoms with Crippen LogP contribution in [0.3, 0.4) is 0 Å². The number of aromatic nitrogens is 2. The van der Waals surface area contributed by atoms with Crippen molar-refractivity contribution in [2.75, 3.05) is 6.54 Å². The molecule has 0 saturated carbocycles. The minimum absolute atomic E-state index is 0.577. The summed E-state index contributed by atoms with van der Waals surface area (Å²) in [6.45, 7) is 4.91. The van der Waals surface area contributed by atoms with Gasteiger partial charge in [-0.2, -0.15) is 5.10 Å². The third-order valence-corrected chi connectivity index (χ3v) is 2.39. The number of fused-ring (bicyclic) bond motifs is 1. The molecule has 1 aromatic heterocycles. The van der Waals surface area contributed by atoms with Crippen LogP contribution < -0.4 is 5.32 Å². The molecule has 3 N–H and O–H groups in total. The number of H-pyrrole nitrogens is 1. The molecular formula is C12H17N3O. The number of aromatic amines is 1. The Kier molecular flexibility index (Phi) is 2.94. The maximum absolute atomic E-state index is 9.56. The van der Waals surface area contributed by atoms with Crippen LogP contribution in [0.4, 0.5) is 0 Å². The zero-order valence-corrected chi connectivity index (χ0v) is 9.62. The summed E-state index contributed by atoms with van der Waals surface area (Å²) in [5.74, 6) is 0. The normalized spacial score (nSPS) is 12.2. The molecule has 4 heteroatoms. The third-order valence-electron chi connectivity index (χ3n) is 2.39. The number of hydrogen-bond acceptors (Lipinski definition) is 3. The van der Waals surface area contributed by atoms with Gasteiger partial charge in [-0.3, -0.25) is 5.10 Å². The van der Waals surface area contributed by atoms with E-state index < -0.39 is 5.60 Å². The van der Waals surface area contributed by atoms with E-state index in [1.165, 1.54) is 5.56 Å². The third kappa shape index (κ3) is 2.81. The molecule has 16 heavy (non-hydrogen) atoms. The van der Waals surface area contributed by atoms with Crippen LogP contribution in [0.1, 0.15) is 19.4 Å². The lowest BCUT2D eigenvalue weighted by Gasteiger charge is -2.17. The molecule has 0 spiro atoms. The average Bonchev–Trinajstić information content (AvgIpc) is 2.62. The van der Waals surface area contributed by atoms with Gasteiger partial charge in [0.15, 0.2) is 0 Å². The minimum Gasteiger partial charge on any atom is -0.389 e. The molecule has 1 heterocycles.